The summed E-state index contributed by atoms with van der Waals surface area (Å²) in [7, 11) is 0. The Balaban J connectivity index is 1.66. The molecule has 0 saturated carbocycles. The molecule has 0 unspecified atom stereocenters. The van der Waals surface area contributed by atoms with Crippen LogP contribution < -0.4 is 0 Å². The van der Waals surface area contributed by atoms with E-state index < -0.39 is 6.10 Å². The van der Waals surface area contributed by atoms with Gasteiger partial charge in [-0.3, -0.25) is 4.79 Å². The summed E-state index contributed by atoms with van der Waals surface area (Å²) in [5.74, 6) is 0.114. The van der Waals surface area contributed by atoms with Gasteiger partial charge in [-0.15, -0.1) is 22.7 Å². The van der Waals surface area contributed by atoms with Gasteiger partial charge in [0.05, 0.1) is 12.0 Å². The van der Waals surface area contributed by atoms with Crippen molar-refractivity contribution in [2.75, 3.05) is 6.54 Å². The number of hydrogen-bond donors (Lipinski definition) is 1. The summed E-state index contributed by atoms with van der Waals surface area (Å²) in [6.07, 6.45) is 2.20. The van der Waals surface area contributed by atoms with Crippen LogP contribution in [0.1, 0.15) is 48.0 Å². The Morgan fingerprint density at radius 2 is 2.00 bits per heavy atom. The minimum absolute atomic E-state index is 0.0838. The molecule has 3 rings (SSSR count). The summed E-state index contributed by atoms with van der Waals surface area (Å²) in [4.78, 5) is 16.9. The third-order valence-electron chi connectivity index (χ3n) is 4.37. The highest BCUT2D eigenvalue weighted by atomic mass is 32.1. The zero-order valence-electron chi connectivity index (χ0n) is 12.6. The first-order valence-corrected chi connectivity index (χ1v) is 9.48. The van der Waals surface area contributed by atoms with E-state index in [4.69, 9.17) is 0 Å². The minimum Gasteiger partial charge on any atom is -0.387 e. The van der Waals surface area contributed by atoms with E-state index in [-0.39, 0.29) is 17.9 Å². The maximum Gasteiger partial charge on any atom is 0.230 e. The smallest absolute Gasteiger partial charge is 0.230 e. The van der Waals surface area contributed by atoms with Gasteiger partial charge in [0.15, 0.2) is 0 Å². The third kappa shape index (κ3) is 3.26. The van der Waals surface area contributed by atoms with Crippen molar-refractivity contribution in [3.8, 4) is 0 Å². The van der Waals surface area contributed by atoms with Crippen molar-refractivity contribution in [2.45, 2.75) is 44.2 Å². The monoisotopic (exact) mass is 335 g/mol. The average molecular weight is 335 g/mol. The van der Waals surface area contributed by atoms with Crippen LogP contribution in [0.3, 0.4) is 0 Å². The summed E-state index contributed by atoms with van der Waals surface area (Å²) >= 11 is 3.21. The molecule has 0 spiro atoms. The Bertz CT molecular complexity index is 594. The predicted molar refractivity (Wildman–Crippen MR) is 91.4 cm³/mol. The molecule has 0 aromatic carbocycles. The minimum atomic E-state index is -0.463. The molecule has 1 saturated heterocycles. The lowest BCUT2D eigenvalue weighted by molar-refractivity contribution is -0.133. The molecule has 1 fully saturated rings. The van der Waals surface area contributed by atoms with E-state index in [2.05, 4.69) is 0 Å². The summed E-state index contributed by atoms with van der Waals surface area (Å²) < 4.78 is 0. The maximum absolute atomic E-state index is 12.8. The SMILES string of the molecule is C[C@H](C(=O)N1CCC[C@@H]1C[C@@H](O)c1cccs1)c1cccs1. The zero-order chi connectivity index (χ0) is 15.5. The second-order valence-corrected chi connectivity index (χ2v) is 7.79. The topological polar surface area (TPSA) is 40.5 Å². The molecule has 3 heterocycles. The Morgan fingerprint density at radius 3 is 2.64 bits per heavy atom. The largest absolute Gasteiger partial charge is 0.387 e. The fourth-order valence-electron chi connectivity index (χ4n) is 3.13. The number of carbonyl (C=O) groups is 1. The van der Waals surface area contributed by atoms with Gasteiger partial charge in [0.1, 0.15) is 0 Å². The van der Waals surface area contributed by atoms with Crippen LogP contribution in [0.25, 0.3) is 0 Å². The van der Waals surface area contributed by atoms with Crippen LogP contribution in [0, 0.1) is 0 Å². The first-order chi connectivity index (χ1) is 10.7. The van der Waals surface area contributed by atoms with Crippen molar-refractivity contribution in [2.24, 2.45) is 0 Å². The molecule has 2 aromatic heterocycles. The number of aliphatic hydroxyl groups excluding tert-OH is 1. The van der Waals surface area contributed by atoms with Gasteiger partial charge < -0.3 is 10.0 Å². The van der Waals surface area contributed by atoms with E-state index >= 15 is 0 Å². The number of rotatable bonds is 5. The second-order valence-electron chi connectivity index (χ2n) is 5.83. The molecule has 0 aliphatic carbocycles. The lowest BCUT2D eigenvalue weighted by atomic mass is 10.0. The molecule has 1 aliphatic heterocycles. The number of carbonyl (C=O) groups excluding carboxylic acids is 1. The van der Waals surface area contributed by atoms with Crippen molar-refractivity contribution >= 4 is 28.6 Å². The van der Waals surface area contributed by atoms with Crippen molar-refractivity contribution in [1.29, 1.82) is 0 Å². The van der Waals surface area contributed by atoms with Gasteiger partial charge >= 0.3 is 0 Å². The lowest BCUT2D eigenvalue weighted by Gasteiger charge is -2.28. The van der Waals surface area contributed by atoms with E-state index in [1.54, 1.807) is 22.7 Å². The van der Waals surface area contributed by atoms with Crippen molar-refractivity contribution < 1.29 is 9.90 Å². The lowest BCUT2D eigenvalue weighted by Crippen LogP contribution is -2.38. The van der Waals surface area contributed by atoms with Gasteiger partial charge in [0.25, 0.3) is 0 Å². The maximum atomic E-state index is 12.8. The van der Waals surface area contributed by atoms with Crippen LogP contribution in [0.2, 0.25) is 0 Å². The van der Waals surface area contributed by atoms with Crippen LogP contribution >= 0.6 is 22.7 Å². The zero-order valence-corrected chi connectivity index (χ0v) is 14.3. The van der Waals surface area contributed by atoms with E-state index in [1.807, 2.05) is 46.8 Å². The highest BCUT2D eigenvalue weighted by Crippen LogP contribution is 2.32. The highest BCUT2D eigenvalue weighted by molar-refractivity contribution is 7.10. The molecular formula is C17H21NO2S2. The van der Waals surface area contributed by atoms with Gasteiger partial charge in [0, 0.05) is 22.3 Å². The molecule has 0 radical (unpaired) electrons. The molecule has 1 aliphatic rings. The van der Waals surface area contributed by atoms with Crippen LogP contribution in [0.15, 0.2) is 35.0 Å². The Kier molecular flexibility index (Phi) is 4.96. The number of likely N-dealkylation sites (tertiary alicyclic amines) is 1. The van der Waals surface area contributed by atoms with Crippen molar-refractivity contribution in [3.05, 3.63) is 44.8 Å². The quantitative estimate of drug-likeness (QED) is 0.896. The van der Waals surface area contributed by atoms with Crippen LogP contribution in [-0.2, 0) is 4.79 Å². The highest BCUT2D eigenvalue weighted by Gasteiger charge is 2.33. The van der Waals surface area contributed by atoms with E-state index in [0.29, 0.717) is 6.42 Å². The summed E-state index contributed by atoms with van der Waals surface area (Å²) in [5.41, 5.74) is 0. The molecule has 3 nitrogen and oxygen atoms in total. The number of amides is 1. The molecule has 1 N–H and O–H groups in total. The summed E-state index contributed by atoms with van der Waals surface area (Å²) in [5, 5.41) is 14.4. The summed E-state index contributed by atoms with van der Waals surface area (Å²) in [6, 6.07) is 8.10. The molecule has 118 valence electrons. The fourth-order valence-corrected chi connectivity index (χ4v) is 4.63. The first kappa shape index (κ1) is 15.7. The molecule has 2 aromatic rings. The van der Waals surface area contributed by atoms with Crippen molar-refractivity contribution in [3.63, 3.8) is 0 Å². The van der Waals surface area contributed by atoms with Gasteiger partial charge in [-0.2, -0.15) is 0 Å². The molecule has 5 heteroatoms. The number of aliphatic hydroxyl groups is 1. The molecule has 22 heavy (non-hydrogen) atoms. The number of thiophene rings is 2. The number of nitrogens with zero attached hydrogens (tertiary/aromatic N) is 1. The third-order valence-corrected chi connectivity index (χ3v) is 6.40. The fraction of sp³-hybridized carbons (Fsp3) is 0.471. The van der Waals surface area contributed by atoms with Gasteiger partial charge in [0.2, 0.25) is 5.91 Å². The van der Waals surface area contributed by atoms with Crippen LogP contribution in [-0.4, -0.2) is 28.5 Å². The molecule has 0 bridgehead atoms. The van der Waals surface area contributed by atoms with E-state index in [9.17, 15) is 9.90 Å². The van der Waals surface area contributed by atoms with Gasteiger partial charge in [-0.25, -0.2) is 0 Å². The Hall–Kier alpha value is -1.17. The van der Waals surface area contributed by atoms with Gasteiger partial charge in [-0.05, 0) is 49.1 Å². The molecule has 3 atom stereocenters. The Labute approximate surface area is 139 Å². The van der Waals surface area contributed by atoms with Gasteiger partial charge in [-0.1, -0.05) is 12.1 Å². The van der Waals surface area contributed by atoms with E-state index in [0.717, 1.165) is 29.1 Å². The first-order valence-electron chi connectivity index (χ1n) is 7.72. The second kappa shape index (κ2) is 6.94. The molecular weight excluding hydrogens is 314 g/mol. The van der Waals surface area contributed by atoms with Crippen LogP contribution in [0.5, 0.6) is 0 Å². The number of hydrogen-bond acceptors (Lipinski definition) is 4. The van der Waals surface area contributed by atoms with E-state index in [1.165, 1.54) is 0 Å². The van der Waals surface area contributed by atoms with Crippen molar-refractivity contribution in [1.82, 2.24) is 4.90 Å². The predicted octanol–water partition coefficient (Wildman–Crippen LogP) is 4.03. The van der Waals surface area contributed by atoms with Crippen LogP contribution in [0.4, 0.5) is 0 Å². The standard InChI is InChI=1S/C17H21NO2S2/c1-12(15-6-3-9-21-15)17(20)18-8-2-5-13(18)11-14(19)16-7-4-10-22-16/h3-4,6-7,9-10,12-14,19H,2,5,8,11H2,1H3/t12-,13+,14+/m0/s1. The normalized spacial score (nSPS) is 21.0. The molecule has 1 amide bonds. The summed E-state index contributed by atoms with van der Waals surface area (Å²) in [6.45, 7) is 2.80. The average Bonchev–Trinajstić information content (AvgIpc) is 3.25. The Morgan fingerprint density at radius 1 is 1.32 bits per heavy atom.